The minimum Gasteiger partial charge on any atom is -0.482 e. The highest BCUT2D eigenvalue weighted by molar-refractivity contribution is 7.15. The van der Waals surface area contributed by atoms with Crippen molar-refractivity contribution in [2.24, 2.45) is 0 Å². The summed E-state index contributed by atoms with van der Waals surface area (Å²) < 4.78 is 7.01. The van der Waals surface area contributed by atoms with Gasteiger partial charge in [0.2, 0.25) is 0 Å². The molecule has 122 valence electrons. The lowest BCUT2D eigenvalue weighted by molar-refractivity contribution is -0.118. The van der Waals surface area contributed by atoms with Gasteiger partial charge in [-0.05, 0) is 24.6 Å². The van der Waals surface area contributed by atoms with Gasteiger partial charge in [0.1, 0.15) is 5.75 Å². The number of carbonyl (C=O) groups is 2. The number of nitrogens with one attached hydrogen (secondary N) is 1. The number of thiazole rings is 1. The highest BCUT2D eigenvalue weighted by Crippen LogP contribution is 2.35. The Morgan fingerprint density at radius 3 is 3.08 bits per heavy atom. The van der Waals surface area contributed by atoms with Crippen molar-refractivity contribution in [3.05, 3.63) is 35.0 Å². The van der Waals surface area contributed by atoms with Gasteiger partial charge in [0.05, 0.1) is 17.1 Å². The van der Waals surface area contributed by atoms with Crippen molar-refractivity contribution in [2.45, 2.75) is 13.3 Å². The number of ether oxygens (including phenoxy) is 1. The van der Waals surface area contributed by atoms with E-state index in [2.05, 4.69) is 10.3 Å². The SMILES string of the molecule is CCc1nc2scc(-c3ccc4c(c3)NC(=O)CO4)n2c1C(=O)O. The number of benzene rings is 1. The molecule has 1 amide bonds. The Kier molecular flexibility index (Phi) is 3.27. The summed E-state index contributed by atoms with van der Waals surface area (Å²) in [6, 6.07) is 5.39. The van der Waals surface area contributed by atoms with E-state index in [1.807, 2.05) is 18.4 Å². The van der Waals surface area contributed by atoms with Crippen molar-refractivity contribution in [3.63, 3.8) is 0 Å². The van der Waals surface area contributed by atoms with Crippen LogP contribution >= 0.6 is 11.3 Å². The van der Waals surface area contributed by atoms with Crippen LogP contribution in [0.3, 0.4) is 0 Å². The molecule has 1 aliphatic rings. The number of aryl methyl sites for hydroxylation is 1. The maximum absolute atomic E-state index is 11.7. The topological polar surface area (TPSA) is 92.9 Å². The number of carboxylic acids is 1. The fourth-order valence-electron chi connectivity index (χ4n) is 2.81. The first-order valence-corrected chi connectivity index (χ1v) is 8.25. The Labute approximate surface area is 140 Å². The van der Waals surface area contributed by atoms with E-state index in [4.69, 9.17) is 4.74 Å². The summed E-state index contributed by atoms with van der Waals surface area (Å²) >= 11 is 1.38. The number of nitrogens with zero attached hydrogens (tertiary/aromatic N) is 2. The number of imidazole rings is 1. The van der Waals surface area contributed by atoms with Crippen molar-refractivity contribution >= 4 is 33.9 Å². The molecule has 2 aromatic heterocycles. The van der Waals surface area contributed by atoms with E-state index >= 15 is 0 Å². The lowest BCUT2D eigenvalue weighted by Crippen LogP contribution is -2.25. The van der Waals surface area contributed by atoms with Crippen LogP contribution in [-0.4, -0.2) is 33.0 Å². The third-order valence-corrected chi connectivity index (χ3v) is 4.71. The van der Waals surface area contributed by atoms with Gasteiger partial charge in [-0.2, -0.15) is 0 Å². The molecule has 0 aliphatic carbocycles. The second-order valence-electron chi connectivity index (χ2n) is 5.35. The third-order valence-electron chi connectivity index (χ3n) is 3.88. The number of anilines is 1. The average Bonchev–Trinajstić information content (AvgIpc) is 3.12. The fraction of sp³-hybridized carbons (Fsp3) is 0.188. The van der Waals surface area contributed by atoms with Gasteiger partial charge >= 0.3 is 5.97 Å². The van der Waals surface area contributed by atoms with Crippen LogP contribution in [0.1, 0.15) is 23.1 Å². The van der Waals surface area contributed by atoms with Gasteiger partial charge in [-0.15, -0.1) is 11.3 Å². The van der Waals surface area contributed by atoms with Crippen LogP contribution in [0.5, 0.6) is 5.75 Å². The quantitative estimate of drug-likeness (QED) is 0.763. The minimum atomic E-state index is -1.01. The molecule has 7 nitrogen and oxygen atoms in total. The number of carboxylic acid groups (broad SMARTS) is 1. The largest absolute Gasteiger partial charge is 0.482 e. The second-order valence-corrected chi connectivity index (χ2v) is 6.19. The summed E-state index contributed by atoms with van der Waals surface area (Å²) in [7, 11) is 0. The monoisotopic (exact) mass is 343 g/mol. The highest BCUT2D eigenvalue weighted by atomic mass is 32.1. The zero-order valence-corrected chi connectivity index (χ0v) is 13.5. The predicted octanol–water partition coefficient (Wildman–Crippen LogP) is 2.65. The average molecular weight is 343 g/mol. The van der Waals surface area contributed by atoms with Crippen LogP contribution in [-0.2, 0) is 11.2 Å². The highest BCUT2D eigenvalue weighted by Gasteiger charge is 2.23. The fourth-order valence-corrected chi connectivity index (χ4v) is 3.73. The molecule has 1 aromatic carbocycles. The van der Waals surface area contributed by atoms with E-state index in [9.17, 15) is 14.7 Å². The summed E-state index contributed by atoms with van der Waals surface area (Å²) in [5, 5.41) is 14.2. The molecule has 0 saturated carbocycles. The molecule has 0 atom stereocenters. The summed E-state index contributed by atoms with van der Waals surface area (Å²) in [5.74, 6) is -0.617. The molecule has 0 saturated heterocycles. The molecule has 0 spiro atoms. The van der Waals surface area contributed by atoms with Gasteiger partial charge < -0.3 is 15.2 Å². The van der Waals surface area contributed by atoms with Crippen LogP contribution in [0.4, 0.5) is 5.69 Å². The van der Waals surface area contributed by atoms with E-state index in [0.29, 0.717) is 28.5 Å². The van der Waals surface area contributed by atoms with Gasteiger partial charge in [-0.3, -0.25) is 9.20 Å². The van der Waals surface area contributed by atoms with E-state index in [1.165, 1.54) is 11.3 Å². The molecule has 0 radical (unpaired) electrons. The number of carbonyl (C=O) groups excluding carboxylic acids is 1. The second kappa shape index (κ2) is 5.34. The van der Waals surface area contributed by atoms with Gasteiger partial charge in [-0.1, -0.05) is 6.92 Å². The van der Waals surface area contributed by atoms with Crippen molar-refractivity contribution in [2.75, 3.05) is 11.9 Å². The van der Waals surface area contributed by atoms with E-state index < -0.39 is 5.97 Å². The van der Waals surface area contributed by atoms with Crippen LogP contribution in [0.2, 0.25) is 0 Å². The summed E-state index contributed by atoms with van der Waals surface area (Å²) in [6.07, 6.45) is 0.545. The van der Waals surface area contributed by atoms with Crippen LogP contribution in [0.25, 0.3) is 16.2 Å². The van der Waals surface area contributed by atoms with Crippen molar-refractivity contribution < 1.29 is 19.4 Å². The van der Waals surface area contributed by atoms with Crippen LogP contribution in [0.15, 0.2) is 23.6 Å². The number of amides is 1. The zero-order chi connectivity index (χ0) is 16.8. The standard InChI is InChI=1S/C16H13N3O4S/c1-2-9-14(15(21)22)19-11(7-24-16(19)18-9)8-3-4-12-10(5-8)17-13(20)6-23-12/h3-5,7H,2,6H2,1H3,(H,17,20)(H,21,22). The smallest absolute Gasteiger partial charge is 0.354 e. The number of hydrogen-bond acceptors (Lipinski definition) is 5. The lowest BCUT2D eigenvalue weighted by atomic mass is 10.1. The number of aromatic carboxylic acids is 1. The third kappa shape index (κ3) is 2.15. The van der Waals surface area contributed by atoms with Gasteiger partial charge in [0, 0.05) is 10.9 Å². The maximum Gasteiger partial charge on any atom is 0.354 e. The number of fused-ring (bicyclic) bond motifs is 2. The first kappa shape index (κ1) is 14.7. The molecule has 3 aromatic rings. The molecule has 2 N–H and O–H groups in total. The van der Waals surface area contributed by atoms with Crippen molar-refractivity contribution in [3.8, 4) is 17.0 Å². The van der Waals surface area contributed by atoms with Crippen LogP contribution < -0.4 is 10.1 Å². The molecular formula is C16H13N3O4S. The molecule has 4 rings (SSSR count). The Hall–Kier alpha value is -2.87. The molecule has 8 heteroatoms. The zero-order valence-electron chi connectivity index (χ0n) is 12.7. The first-order chi connectivity index (χ1) is 11.6. The molecule has 24 heavy (non-hydrogen) atoms. The summed E-state index contributed by atoms with van der Waals surface area (Å²) in [4.78, 5) is 28.2. The van der Waals surface area contributed by atoms with Crippen molar-refractivity contribution in [1.29, 1.82) is 0 Å². The normalized spacial score (nSPS) is 13.5. The first-order valence-electron chi connectivity index (χ1n) is 7.37. The minimum absolute atomic E-state index is 0.000411. The molecule has 1 aliphatic heterocycles. The van der Waals surface area contributed by atoms with Gasteiger partial charge in [0.15, 0.2) is 17.3 Å². The lowest BCUT2D eigenvalue weighted by Gasteiger charge is -2.18. The summed E-state index contributed by atoms with van der Waals surface area (Å²) in [5.41, 5.74) is 2.83. The van der Waals surface area contributed by atoms with Gasteiger partial charge in [0.25, 0.3) is 5.91 Å². The molecular weight excluding hydrogens is 330 g/mol. The molecule has 0 bridgehead atoms. The van der Waals surface area contributed by atoms with E-state index in [0.717, 1.165) is 11.3 Å². The molecule has 0 fully saturated rings. The maximum atomic E-state index is 11.7. The van der Waals surface area contributed by atoms with Gasteiger partial charge in [-0.25, -0.2) is 9.78 Å². The number of rotatable bonds is 3. The Balaban J connectivity index is 1.91. The molecule has 3 heterocycles. The Bertz CT molecular complexity index is 989. The van der Waals surface area contributed by atoms with E-state index in [-0.39, 0.29) is 18.2 Å². The van der Waals surface area contributed by atoms with Crippen molar-refractivity contribution in [1.82, 2.24) is 9.38 Å². The predicted molar refractivity (Wildman–Crippen MR) is 89.0 cm³/mol. The number of aromatic nitrogens is 2. The Morgan fingerprint density at radius 1 is 1.50 bits per heavy atom. The Morgan fingerprint density at radius 2 is 2.33 bits per heavy atom. The van der Waals surface area contributed by atoms with Crippen LogP contribution in [0, 0.1) is 0 Å². The molecule has 0 unspecified atom stereocenters. The number of hydrogen-bond donors (Lipinski definition) is 2. The summed E-state index contributed by atoms with van der Waals surface area (Å²) in [6.45, 7) is 1.88. The van der Waals surface area contributed by atoms with E-state index in [1.54, 1.807) is 16.5 Å².